The van der Waals surface area contributed by atoms with Gasteiger partial charge in [-0.2, -0.15) is 0 Å². The predicted octanol–water partition coefficient (Wildman–Crippen LogP) is 14.6. The van der Waals surface area contributed by atoms with E-state index in [0.717, 1.165) is 6.42 Å². The molecule has 0 amide bonds. The van der Waals surface area contributed by atoms with Crippen molar-refractivity contribution in [1.29, 1.82) is 0 Å². The molecule has 11 rings (SSSR count). The lowest BCUT2D eigenvalue weighted by molar-refractivity contribution is 0.858. The fourth-order valence-electron chi connectivity index (χ4n) is 8.59. The first-order chi connectivity index (χ1) is 25.3. The Morgan fingerprint density at radius 2 is 1.02 bits per heavy atom. The van der Waals surface area contributed by atoms with Crippen molar-refractivity contribution in [1.82, 2.24) is 0 Å². The molecule has 0 nitrogen and oxygen atoms in total. The zero-order chi connectivity index (χ0) is 33.5. The second kappa shape index (κ2) is 11.3. The molecule has 1 atom stereocenters. The van der Waals surface area contributed by atoms with Crippen LogP contribution in [0.25, 0.3) is 90.7 Å². The molecule has 0 N–H and O–H groups in total. The first-order valence-electron chi connectivity index (χ1n) is 17.9. The molecule has 0 fully saturated rings. The highest BCUT2D eigenvalue weighted by atomic mass is 32.1. The molecule has 238 valence electrons. The van der Waals surface area contributed by atoms with Crippen LogP contribution in [-0.4, -0.2) is 0 Å². The van der Waals surface area contributed by atoms with Gasteiger partial charge in [-0.05, 0) is 101 Å². The maximum atomic E-state index is 2.44. The number of thiophene rings is 1. The summed E-state index contributed by atoms with van der Waals surface area (Å²) >= 11 is 1.91. The Morgan fingerprint density at radius 3 is 1.76 bits per heavy atom. The van der Waals surface area contributed by atoms with Crippen LogP contribution in [0.5, 0.6) is 0 Å². The number of hydrogen-bond donors (Lipinski definition) is 0. The minimum absolute atomic E-state index is 0.363. The van der Waals surface area contributed by atoms with E-state index < -0.39 is 0 Å². The Balaban J connectivity index is 0.910. The van der Waals surface area contributed by atoms with Gasteiger partial charge in [-0.15, -0.1) is 11.3 Å². The summed E-state index contributed by atoms with van der Waals surface area (Å²) in [5, 5.41) is 16.0. The molecule has 1 aromatic heterocycles. The van der Waals surface area contributed by atoms with Crippen molar-refractivity contribution in [2.45, 2.75) is 12.3 Å². The largest absolute Gasteiger partial charge is 0.135 e. The van der Waals surface area contributed by atoms with E-state index >= 15 is 0 Å². The van der Waals surface area contributed by atoms with Gasteiger partial charge in [0.25, 0.3) is 0 Å². The van der Waals surface area contributed by atoms with Crippen molar-refractivity contribution in [3.8, 4) is 11.1 Å². The topological polar surface area (TPSA) is 0 Å². The van der Waals surface area contributed by atoms with Crippen LogP contribution in [0.3, 0.4) is 0 Å². The molecule has 1 heteroatoms. The van der Waals surface area contributed by atoms with Crippen LogP contribution >= 0.6 is 11.3 Å². The number of benzene rings is 9. The lowest BCUT2D eigenvalue weighted by Gasteiger charge is -2.19. The van der Waals surface area contributed by atoms with Crippen LogP contribution in [0.4, 0.5) is 0 Å². The molecule has 0 saturated carbocycles. The fourth-order valence-corrected chi connectivity index (χ4v) is 9.86. The highest BCUT2D eigenvalue weighted by Gasteiger charge is 2.16. The molecule has 1 heterocycles. The van der Waals surface area contributed by atoms with Gasteiger partial charge in [0.15, 0.2) is 0 Å². The molecule has 0 spiro atoms. The summed E-state index contributed by atoms with van der Waals surface area (Å²) < 4.78 is 2.73. The minimum atomic E-state index is 0.363. The third-order valence-electron chi connectivity index (χ3n) is 11.2. The smallest absolute Gasteiger partial charge is 0.0440 e. The van der Waals surface area contributed by atoms with E-state index in [1.807, 2.05) is 11.3 Å². The van der Waals surface area contributed by atoms with Crippen molar-refractivity contribution < 1.29 is 0 Å². The fraction of sp³-hybridized carbons (Fsp3) is 0.0400. The van der Waals surface area contributed by atoms with E-state index in [1.54, 1.807) is 0 Å². The maximum absolute atomic E-state index is 2.44. The van der Waals surface area contributed by atoms with Crippen LogP contribution in [0.1, 0.15) is 23.5 Å². The van der Waals surface area contributed by atoms with E-state index in [2.05, 4.69) is 176 Å². The minimum Gasteiger partial charge on any atom is -0.135 e. The third kappa shape index (κ3) is 4.52. The predicted molar refractivity (Wildman–Crippen MR) is 223 cm³/mol. The molecule has 0 radical (unpaired) electrons. The lowest BCUT2D eigenvalue weighted by atomic mass is 9.85. The summed E-state index contributed by atoms with van der Waals surface area (Å²) in [7, 11) is 0. The SMILES string of the molecule is C1=CC(c2ccc3c4ccccc4c4ccccc4c3c2)CC=C1c1ccc(-c2ccc3ccc4ccc5c6ccccc6sc5c4c3c2)cc1. The van der Waals surface area contributed by atoms with Gasteiger partial charge in [-0.25, -0.2) is 0 Å². The molecule has 0 aliphatic heterocycles. The molecular weight excluding hydrogens is 633 g/mol. The highest BCUT2D eigenvalue weighted by molar-refractivity contribution is 7.26. The molecule has 51 heavy (non-hydrogen) atoms. The molecule has 10 aromatic rings. The Kier molecular flexibility index (Phi) is 6.35. The number of hydrogen-bond acceptors (Lipinski definition) is 1. The van der Waals surface area contributed by atoms with E-state index in [0.29, 0.717) is 5.92 Å². The van der Waals surface area contributed by atoms with Crippen molar-refractivity contribution >= 4 is 90.9 Å². The third-order valence-corrected chi connectivity index (χ3v) is 12.4. The highest BCUT2D eigenvalue weighted by Crippen LogP contribution is 2.42. The molecule has 1 unspecified atom stereocenters. The molecule has 1 aliphatic carbocycles. The van der Waals surface area contributed by atoms with Crippen LogP contribution in [0.2, 0.25) is 0 Å². The summed E-state index contributed by atoms with van der Waals surface area (Å²) in [6.45, 7) is 0. The van der Waals surface area contributed by atoms with Crippen molar-refractivity contribution in [3.05, 3.63) is 187 Å². The van der Waals surface area contributed by atoms with Crippen molar-refractivity contribution in [3.63, 3.8) is 0 Å². The van der Waals surface area contributed by atoms with E-state index in [1.165, 1.54) is 102 Å². The van der Waals surface area contributed by atoms with Gasteiger partial charge in [0.1, 0.15) is 0 Å². The van der Waals surface area contributed by atoms with Crippen molar-refractivity contribution in [2.75, 3.05) is 0 Å². The molecule has 9 aromatic carbocycles. The number of allylic oxidation sites excluding steroid dienone is 4. The van der Waals surface area contributed by atoms with Gasteiger partial charge in [-0.3, -0.25) is 0 Å². The average Bonchev–Trinajstić information content (AvgIpc) is 3.59. The van der Waals surface area contributed by atoms with Gasteiger partial charge in [0.05, 0.1) is 0 Å². The summed E-state index contributed by atoms with van der Waals surface area (Å²) in [6, 6.07) is 58.8. The summed E-state index contributed by atoms with van der Waals surface area (Å²) in [5.74, 6) is 0.363. The first-order valence-corrected chi connectivity index (χ1v) is 18.7. The Morgan fingerprint density at radius 1 is 0.431 bits per heavy atom. The van der Waals surface area contributed by atoms with Crippen LogP contribution in [0, 0.1) is 0 Å². The Bertz CT molecular complexity index is 3060. The van der Waals surface area contributed by atoms with Gasteiger partial charge >= 0.3 is 0 Å². The van der Waals surface area contributed by atoms with Gasteiger partial charge in [0, 0.05) is 31.5 Å². The van der Waals surface area contributed by atoms with Gasteiger partial charge < -0.3 is 0 Å². The summed E-state index contributed by atoms with van der Waals surface area (Å²) in [4.78, 5) is 0. The quantitative estimate of drug-likeness (QED) is 0.165. The summed E-state index contributed by atoms with van der Waals surface area (Å²) in [6.07, 6.45) is 8.14. The zero-order valence-electron chi connectivity index (χ0n) is 27.9. The van der Waals surface area contributed by atoms with Gasteiger partial charge in [-0.1, -0.05) is 158 Å². The molecule has 0 saturated heterocycles. The maximum Gasteiger partial charge on any atom is 0.0440 e. The Labute approximate surface area is 300 Å². The number of rotatable bonds is 3. The Hall–Kier alpha value is -6.02. The van der Waals surface area contributed by atoms with E-state index in [-0.39, 0.29) is 0 Å². The normalized spacial score (nSPS) is 14.8. The number of fused-ring (bicyclic) bond motifs is 13. The zero-order valence-corrected chi connectivity index (χ0v) is 28.8. The summed E-state index contributed by atoms with van der Waals surface area (Å²) in [5.41, 5.74) is 6.44. The van der Waals surface area contributed by atoms with E-state index in [4.69, 9.17) is 0 Å². The van der Waals surface area contributed by atoms with Crippen molar-refractivity contribution in [2.24, 2.45) is 0 Å². The molecule has 0 bridgehead atoms. The second-order valence-corrected chi connectivity index (χ2v) is 15.0. The molecular formula is C50H32S. The van der Waals surface area contributed by atoms with Crippen LogP contribution in [0.15, 0.2) is 176 Å². The molecule has 1 aliphatic rings. The monoisotopic (exact) mass is 664 g/mol. The van der Waals surface area contributed by atoms with Crippen LogP contribution < -0.4 is 0 Å². The first kappa shape index (κ1) is 28.8. The van der Waals surface area contributed by atoms with E-state index in [9.17, 15) is 0 Å². The average molecular weight is 665 g/mol. The van der Waals surface area contributed by atoms with Gasteiger partial charge in [0.2, 0.25) is 0 Å². The standard InChI is InChI=1S/C50H32S/c1-2-9-41-39(7-1)40-8-3-4-10-42(40)47-30-38(26-27-43(41)47)34-19-15-32(16-20-34)31-13-17-33(18-14-31)37-24-22-35-21-23-36-25-28-45-44-11-5-6-12-48(44)51-50(45)49(36)46(35)29-37/h1-19,21-30,34H,20H2. The van der Waals surface area contributed by atoms with Crippen LogP contribution in [-0.2, 0) is 0 Å². The lowest BCUT2D eigenvalue weighted by Crippen LogP contribution is -1.99. The second-order valence-electron chi connectivity index (χ2n) is 14.0.